The summed E-state index contributed by atoms with van der Waals surface area (Å²) >= 11 is 3.55. The molecule has 1 amide bonds. The van der Waals surface area contributed by atoms with Crippen molar-refractivity contribution in [2.24, 2.45) is 0 Å². The largest absolute Gasteiger partial charge is 0.328 e. The van der Waals surface area contributed by atoms with Gasteiger partial charge in [0.05, 0.1) is 17.5 Å². The third-order valence-electron chi connectivity index (χ3n) is 5.21. The molecule has 2 N–H and O–H groups in total. The first-order valence-corrected chi connectivity index (χ1v) is 10.9. The topological polar surface area (TPSA) is 84.7 Å². The minimum Gasteiger partial charge on any atom is -0.328 e. The summed E-state index contributed by atoms with van der Waals surface area (Å²) < 4.78 is 2.69. The van der Waals surface area contributed by atoms with Crippen LogP contribution < -0.4 is 10.6 Å². The maximum atomic E-state index is 13.4. The van der Waals surface area contributed by atoms with Crippen molar-refractivity contribution in [2.45, 2.75) is 13.0 Å². The van der Waals surface area contributed by atoms with Gasteiger partial charge in [-0.2, -0.15) is 4.98 Å². The van der Waals surface area contributed by atoms with E-state index in [1.807, 2.05) is 61.5 Å². The molecule has 3 heterocycles. The van der Waals surface area contributed by atoms with Crippen molar-refractivity contribution in [3.05, 3.63) is 100 Å². The van der Waals surface area contributed by atoms with E-state index >= 15 is 0 Å². The van der Waals surface area contributed by atoms with E-state index < -0.39 is 6.04 Å². The highest BCUT2D eigenvalue weighted by molar-refractivity contribution is 9.10. The second-order valence-corrected chi connectivity index (χ2v) is 8.30. The van der Waals surface area contributed by atoms with Gasteiger partial charge in [-0.3, -0.25) is 9.78 Å². The Morgan fingerprint density at radius 2 is 1.94 bits per heavy atom. The van der Waals surface area contributed by atoms with Gasteiger partial charge in [-0.25, -0.2) is 4.68 Å². The molecule has 4 aromatic rings. The average Bonchev–Trinajstić information content (AvgIpc) is 3.23. The summed E-state index contributed by atoms with van der Waals surface area (Å²) in [6.07, 6.45) is 3.28. The van der Waals surface area contributed by atoms with Gasteiger partial charge >= 0.3 is 0 Å². The van der Waals surface area contributed by atoms with Gasteiger partial charge in [-0.15, -0.1) is 5.10 Å². The van der Waals surface area contributed by atoms with Crippen LogP contribution in [-0.4, -0.2) is 25.7 Å². The molecule has 2 aromatic heterocycles. The van der Waals surface area contributed by atoms with Gasteiger partial charge in [0.25, 0.3) is 5.91 Å². The van der Waals surface area contributed by atoms with Crippen molar-refractivity contribution in [3.63, 3.8) is 0 Å². The molecule has 0 bridgehead atoms. The van der Waals surface area contributed by atoms with Crippen LogP contribution in [0.2, 0.25) is 0 Å². The molecule has 5 rings (SSSR count). The molecule has 8 heteroatoms. The van der Waals surface area contributed by atoms with E-state index in [2.05, 4.69) is 31.5 Å². The standard InChI is InChI=1S/C24H19BrN6O/c1-15-20(23(32)28-19-11-6-12-26-14-19)21(17-9-5-10-18(25)13-17)31-24(27-15)29-22(30-31)16-7-3-2-4-8-16/h2-14,21H,1H3,(H,28,32)(H,27,29,30). The maximum absolute atomic E-state index is 13.4. The van der Waals surface area contributed by atoms with E-state index in [1.165, 1.54) is 0 Å². The van der Waals surface area contributed by atoms with Crippen LogP contribution in [0.25, 0.3) is 11.4 Å². The average molecular weight is 487 g/mol. The molecular formula is C24H19BrN6O. The number of benzene rings is 2. The number of anilines is 2. The summed E-state index contributed by atoms with van der Waals surface area (Å²) in [6, 6.07) is 20.8. The molecule has 0 spiro atoms. The van der Waals surface area contributed by atoms with E-state index in [1.54, 1.807) is 29.2 Å². The smallest absolute Gasteiger partial charge is 0.255 e. The summed E-state index contributed by atoms with van der Waals surface area (Å²) in [5.74, 6) is 0.953. The lowest BCUT2D eigenvalue weighted by Crippen LogP contribution is -2.31. The lowest BCUT2D eigenvalue weighted by Gasteiger charge is -2.28. The number of nitrogens with one attached hydrogen (secondary N) is 2. The summed E-state index contributed by atoms with van der Waals surface area (Å²) in [5, 5.41) is 11.0. The molecule has 0 fully saturated rings. The molecule has 158 valence electrons. The summed E-state index contributed by atoms with van der Waals surface area (Å²) in [6.45, 7) is 1.88. The Balaban J connectivity index is 1.62. The van der Waals surface area contributed by atoms with Gasteiger partial charge in [-0.1, -0.05) is 58.4 Å². The normalized spacial score (nSPS) is 15.1. The van der Waals surface area contributed by atoms with E-state index in [-0.39, 0.29) is 5.91 Å². The second kappa shape index (κ2) is 8.39. The minimum atomic E-state index is -0.453. The first-order valence-electron chi connectivity index (χ1n) is 10.1. The molecule has 32 heavy (non-hydrogen) atoms. The number of aromatic nitrogens is 4. The van der Waals surface area contributed by atoms with Gasteiger partial charge in [0.1, 0.15) is 6.04 Å². The van der Waals surface area contributed by atoms with E-state index in [4.69, 9.17) is 10.1 Å². The molecule has 7 nitrogen and oxygen atoms in total. The maximum Gasteiger partial charge on any atom is 0.255 e. The highest BCUT2D eigenvalue weighted by Crippen LogP contribution is 2.37. The molecule has 0 radical (unpaired) electrons. The van der Waals surface area contributed by atoms with Gasteiger partial charge in [-0.05, 0) is 36.8 Å². The number of rotatable bonds is 4. The van der Waals surface area contributed by atoms with Crippen LogP contribution >= 0.6 is 15.9 Å². The molecule has 2 aromatic carbocycles. The number of nitrogens with zero attached hydrogens (tertiary/aromatic N) is 4. The van der Waals surface area contributed by atoms with Crippen molar-refractivity contribution in [1.82, 2.24) is 19.7 Å². The number of carbonyl (C=O) groups is 1. The number of carbonyl (C=O) groups excluding carboxylic acids is 1. The quantitative estimate of drug-likeness (QED) is 0.422. The van der Waals surface area contributed by atoms with Gasteiger partial charge < -0.3 is 10.6 Å². The predicted molar refractivity (Wildman–Crippen MR) is 127 cm³/mol. The summed E-state index contributed by atoms with van der Waals surface area (Å²) in [7, 11) is 0. The third-order valence-corrected chi connectivity index (χ3v) is 5.71. The van der Waals surface area contributed by atoms with Crippen LogP contribution in [-0.2, 0) is 4.79 Å². The Bertz CT molecular complexity index is 1320. The Morgan fingerprint density at radius 1 is 1.09 bits per heavy atom. The number of amides is 1. The van der Waals surface area contributed by atoms with Crippen molar-refractivity contribution in [3.8, 4) is 11.4 Å². The van der Waals surface area contributed by atoms with E-state index in [0.29, 0.717) is 23.0 Å². The van der Waals surface area contributed by atoms with Crippen LogP contribution in [0.5, 0.6) is 0 Å². The van der Waals surface area contributed by atoms with Crippen LogP contribution in [0.3, 0.4) is 0 Å². The van der Waals surface area contributed by atoms with Crippen LogP contribution in [0.4, 0.5) is 11.6 Å². The lowest BCUT2D eigenvalue weighted by molar-refractivity contribution is -0.113. The lowest BCUT2D eigenvalue weighted by atomic mass is 9.95. The highest BCUT2D eigenvalue weighted by atomic mass is 79.9. The SMILES string of the molecule is CC1=C(C(=O)Nc2cccnc2)C(c2cccc(Br)c2)n2nc(-c3ccccc3)nc2N1. The summed E-state index contributed by atoms with van der Waals surface area (Å²) in [4.78, 5) is 22.2. The molecule has 0 saturated carbocycles. The Hall–Kier alpha value is -3.78. The van der Waals surface area contributed by atoms with Gasteiger partial charge in [0.15, 0.2) is 5.82 Å². The molecule has 0 saturated heterocycles. The number of hydrogen-bond donors (Lipinski definition) is 2. The monoisotopic (exact) mass is 486 g/mol. The molecular weight excluding hydrogens is 468 g/mol. The second-order valence-electron chi connectivity index (χ2n) is 7.39. The van der Waals surface area contributed by atoms with Gasteiger partial charge in [0.2, 0.25) is 5.95 Å². The highest BCUT2D eigenvalue weighted by Gasteiger charge is 2.34. The predicted octanol–water partition coefficient (Wildman–Crippen LogP) is 5.03. The van der Waals surface area contributed by atoms with Crippen molar-refractivity contribution < 1.29 is 4.79 Å². The van der Waals surface area contributed by atoms with Crippen LogP contribution in [0.15, 0.2) is 94.9 Å². The Labute approximate surface area is 193 Å². The van der Waals surface area contributed by atoms with Crippen LogP contribution in [0, 0.1) is 0 Å². The zero-order valence-electron chi connectivity index (χ0n) is 17.2. The number of fused-ring (bicyclic) bond motifs is 1. The fourth-order valence-corrected chi connectivity index (χ4v) is 4.19. The molecule has 0 aliphatic carbocycles. The number of halogens is 1. The first-order chi connectivity index (χ1) is 15.6. The molecule has 1 atom stereocenters. The fraction of sp³-hybridized carbons (Fsp3) is 0.0833. The summed E-state index contributed by atoms with van der Waals surface area (Å²) in [5.41, 5.74) is 3.73. The Morgan fingerprint density at radius 3 is 2.69 bits per heavy atom. The zero-order valence-corrected chi connectivity index (χ0v) is 18.7. The fourth-order valence-electron chi connectivity index (χ4n) is 3.77. The van der Waals surface area contributed by atoms with E-state index in [0.717, 1.165) is 21.3 Å². The molecule has 1 aliphatic rings. The molecule has 1 aliphatic heterocycles. The molecule has 1 unspecified atom stereocenters. The van der Waals surface area contributed by atoms with Crippen molar-refractivity contribution in [2.75, 3.05) is 10.6 Å². The number of pyridine rings is 1. The minimum absolute atomic E-state index is 0.226. The van der Waals surface area contributed by atoms with Crippen molar-refractivity contribution >= 4 is 33.5 Å². The first kappa shape index (κ1) is 20.1. The van der Waals surface area contributed by atoms with Crippen LogP contribution in [0.1, 0.15) is 18.5 Å². The zero-order chi connectivity index (χ0) is 22.1. The van der Waals surface area contributed by atoms with Crippen molar-refractivity contribution in [1.29, 1.82) is 0 Å². The number of allylic oxidation sites excluding steroid dienone is 1. The van der Waals surface area contributed by atoms with E-state index in [9.17, 15) is 4.79 Å². The Kier molecular flexibility index (Phi) is 5.28. The van der Waals surface area contributed by atoms with Gasteiger partial charge in [0, 0.05) is 21.9 Å². The number of hydrogen-bond acceptors (Lipinski definition) is 5. The third kappa shape index (κ3) is 3.80.